The molecule has 0 aliphatic heterocycles. The summed E-state index contributed by atoms with van der Waals surface area (Å²) < 4.78 is 0. The highest BCUT2D eigenvalue weighted by molar-refractivity contribution is 5.93. The highest BCUT2D eigenvalue weighted by Crippen LogP contribution is 2.10. The molecule has 1 heterocycles. The van der Waals surface area contributed by atoms with Crippen molar-refractivity contribution >= 4 is 11.6 Å². The number of hydrogen-bond acceptors (Lipinski definition) is 4. The van der Waals surface area contributed by atoms with Gasteiger partial charge in [0.2, 0.25) is 0 Å². The topological polar surface area (TPSA) is 71.2 Å². The van der Waals surface area contributed by atoms with Gasteiger partial charge in [0.1, 0.15) is 5.69 Å². The van der Waals surface area contributed by atoms with Gasteiger partial charge in [-0.15, -0.1) is 0 Å². The van der Waals surface area contributed by atoms with E-state index in [1.807, 2.05) is 32.9 Å². The van der Waals surface area contributed by atoms with Gasteiger partial charge in [0.05, 0.1) is 0 Å². The number of anilines is 1. The van der Waals surface area contributed by atoms with Crippen LogP contribution in [-0.4, -0.2) is 41.5 Å². The zero-order valence-electron chi connectivity index (χ0n) is 12.7. The lowest BCUT2D eigenvalue weighted by molar-refractivity contribution is 0.0767. The van der Waals surface area contributed by atoms with Gasteiger partial charge in [-0.1, -0.05) is 0 Å². The van der Waals surface area contributed by atoms with E-state index in [4.69, 9.17) is 5.73 Å². The van der Waals surface area contributed by atoms with Crippen LogP contribution in [0.1, 0.15) is 44.1 Å². The average molecular weight is 278 g/mol. The summed E-state index contributed by atoms with van der Waals surface area (Å²) in [5, 5.41) is 3.30. The monoisotopic (exact) mass is 278 g/mol. The Labute approximate surface area is 121 Å². The van der Waals surface area contributed by atoms with Gasteiger partial charge in [0, 0.05) is 37.6 Å². The van der Waals surface area contributed by atoms with E-state index >= 15 is 0 Å². The van der Waals surface area contributed by atoms with Gasteiger partial charge < -0.3 is 16.0 Å². The van der Waals surface area contributed by atoms with Crippen molar-refractivity contribution in [3.8, 4) is 0 Å². The Hall–Kier alpha value is -1.62. The molecule has 0 aliphatic carbocycles. The second kappa shape index (κ2) is 8.53. The zero-order chi connectivity index (χ0) is 15.0. The molecular formula is C15H26N4O. The van der Waals surface area contributed by atoms with Gasteiger partial charge in [0.25, 0.3) is 5.91 Å². The first-order chi connectivity index (χ1) is 9.58. The van der Waals surface area contributed by atoms with E-state index in [-0.39, 0.29) is 11.9 Å². The molecule has 0 saturated heterocycles. The molecular weight excluding hydrogens is 252 g/mol. The fraction of sp³-hybridized carbons (Fsp3) is 0.600. The number of nitrogens with zero attached hydrogens (tertiary/aromatic N) is 2. The summed E-state index contributed by atoms with van der Waals surface area (Å²) in [5.41, 5.74) is 7.13. The van der Waals surface area contributed by atoms with Crippen molar-refractivity contribution in [1.29, 1.82) is 0 Å². The lowest BCUT2D eigenvalue weighted by atomic mass is 10.2. The number of rotatable bonds is 8. The molecule has 1 rings (SSSR count). The summed E-state index contributed by atoms with van der Waals surface area (Å²) >= 11 is 0. The molecule has 112 valence electrons. The Morgan fingerprint density at radius 3 is 2.75 bits per heavy atom. The number of nitrogens with two attached hydrogens (primary N) is 1. The first-order valence-electron chi connectivity index (χ1n) is 7.33. The summed E-state index contributed by atoms with van der Waals surface area (Å²) in [7, 11) is 0. The zero-order valence-corrected chi connectivity index (χ0v) is 12.7. The molecule has 1 atom stereocenters. The first kappa shape index (κ1) is 16.4. The molecule has 5 nitrogen and oxygen atoms in total. The fourth-order valence-electron chi connectivity index (χ4n) is 1.99. The SMILES string of the molecule is CCN(CC)C(=O)c1cc(NCCCC(C)N)ccn1. The molecule has 1 unspecified atom stereocenters. The van der Waals surface area contributed by atoms with E-state index in [0.717, 1.165) is 25.1 Å². The summed E-state index contributed by atoms with van der Waals surface area (Å²) in [6.45, 7) is 8.19. The number of hydrogen-bond donors (Lipinski definition) is 2. The molecule has 1 aromatic heterocycles. The van der Waals surface area contributed by atoms with Crippen molar-refractivity contribution in [2.24, 2.45) is 5.73 Å². The second-order valence-electron chi connectivity index (χ2n) is 4.95. The third-order valence-corrected chi connectivity index (χ3v) is 3.20. The van der Waals surface area contributed by atoms with Crippen molar-refractivity contribution in [1.82, 2.24) is 9.88 Å². The molecule has 3 N–H and O–H groups in total. The van der Waals surface area contributed by atoms with Crippen LogP contribution < -0.4 is 11.1 Å². The molecule has 1 amide bonds. The Balaban J connectivity index is 2.59. The quantitative estimate of drug-likeness (QED) is 0.714. The number of carbonyl (C=O) groups excluding carboxylic acids is 1. The van der Waals surface area contributed by atoms with Crippen LogP contribution in [0.25, 0.3) is 0 Å². The van der Waals surface area contributed by atoms with Gasteiger partial charge >= 0.3 is 0 Å². The normalized spacial score (nSPS) is 12.0. The standard InChI is InChI=1S/C15H26N4O/c1-4-19(5-2)15(20)14-11-13(8-10-18-14)17-9-6-7-12(3)16/h8,10-12H,4-7,9,16H2,1-3H3,(H,17,18). The Morgan fingerprint density at radius 1 is 1.45 bits per heavy atom. The van der Waals surface area contributed by atoms with Crippen LogP contribution in [-0.2, 0) is 0 Å². The first-order valence-corrected chi connectivity index (χ1v) is 7.33. The number of carbonyl (C=O) groups is 1. The lowest BCUT2D eigenvalue weighted by Gasteiger charge is -2.18. The average Bonchev–Trinajstić information content (AvgIpc) is 2.45. The van der Waals surface area contributed by atoms with Gasteiger partial charge in [-0.2, -0.15) is 0 Å². The molecule has 0 bridgehead atoms. The summed E-state index contributed by atoms with van der Waals surface area (Å²) in [5.74, 6) is -0.0192. The minimum atomic E-state index is -0.0192. The van der Waals surface area contributed by atoms with Crippen LogP contribution in [0.15, 0.2) is 18.3 Å². The van der Waals surface area contributed by atoms with Crippen LogP contribution >= 0.6 is 0 Å². The smallest absolute Gasteiger partial charge is 0.272 e. The highest BCUT2D eigenvalue weighted by atomic mass is 16.2. The molecule has 0 aromatic carbocycles. The van der Waals surface area contributed by atoms with E-state index < -0.39 is 0 Å². The van der Waals surface area contributed by atoms with Gasteiger partial charge in [-0.3, -0.25) is 9.78 Å². The van der Waals surface area contributed by atoms with E-state index in [2.05, 4.69) is 10.3 Å². The van der Waals surface area contributed by atoms with Crippen LogP contribution in [0.2, 0.25) is 0 Å². The molecule has 5 heteroatoms. The maximum atomic E-state index is 12.2. The van der Waals surface area contributed by atoms with Gasteiger partial charge in [-0.25, -0.2) is 0 Å². The summed E-state index contributed by atoms with van der Waals surface area (Å²) in [4.78, 5) is 18.1. The Kier molecular flexibility index (Phi) is 7.01. The van der Waals surface area contributed by atoms with E-state index in [1.54, 1.807) is 11.1 Å². The van der Waals surface area contributed by atoms with E-state index in [0.29, 0.717) is 18.8 Å². The molecule has 0 saturated carbocycles. The van der Waals surface area contributed by atoms with Crippen molar-refractivity contribution < 1.29 is 4.79 Å². The minimum Gasteiger partial charge on any atom is -0.385 e. The van der Waals surface area contributed by atoms with Crippen LogP contribution in [0, 0.1) is 0 Å². The second-order valence-corrected chi connectivity index (χ2v) is 4.95. The van der Waals surface area contributed by atoms with Gasteiger partial charge in [0.15, 0.2) is 0 Å². The van der Waals surface area contributed by atoms with E-state index in [1.165, 1.54) is 0 Å². The largest absolute Gasteiger partial charge is 0.385 e. The molecule has 20 heavy (non-hydrogen) atoms. The van der Waals surface area contributed by atoms with Crippen LogP contribution in [0.5, 0.6) is 0 Å². The summed E-state index contributed by atoms with van der Waals surface area (Å²) in [6.07, 6.45) is 3.67. The number of amides is 1. The third-order valence-electron chi connectivity index (χ3n) is 3.20. The summed E-state index contributed by atoms with van der Waals surface area (Å²) in [6, 6.07) is 3.92. The minimum absolute atomic E-state index is 0.0192. The fourth-order valence-corrected chi connectivity index (χ4v) is 1.99. The predicted octanol–water partition coefficient (Wildman–Crippen LogP) is 2.10. The third kappa shape index (κ3) is 5.17. The van der Waals surface area contributed by atoms with Crippen molar-refractivity contribution in [3.63, 3.8) is 0 Å². The molecule has 0 radical (unpaired) electrons. The molecule has 1 aromatic rings. The highest BCUT2D eigenvalue weighted by Gasteiger charge is 2.13. The maximum absolute atomic E-state index is 12.2. The van der Waals surface area contributed by atoms with Crippen molar-refractivity contribution in [2.75, 3.05) is 25.0 Å². The Bertz CT molecular complexity index is 416. The number of nitrogens with one attached hydrogen (secondary N) is 1. The molecule has 0 spiro atoms. The van der Waals surface area contributed by atoms with Crippen molar-refractivity contribution in [3.05, 3.63) is 24.0 Å². The van der Waals surface area contributed by atoms with Crippen LogP contribution in [0.4, 0.5) is 5.69 Å². The molecule has 0 fully saturated rings. The molecule has 0 aliphatic rings. The van der Waals surface area contributed by atoms with Gasteiger partial charge in [-0.05, 0) is 45.7 Å². The van der Waals surface area contributed by atoms with Crippen molar-refractivity contribution in [2.45, 2.75) is 39.7 Å². The van der Waals surface area contributed by atoms with E-state index in [9.17, 15) is 4.79 Å². The maximum Gasteiger partial charge on any atom is 0.272 e. The van der Waals surface area contributed by atoms with Crippen LogP contribution in [0.3, 0.4) is 0 Å². The number of pyridine rings is 1. The number of aromatic nitrogens is 1. The Morgan fingerprint density at radius 2 is 2.15 bits per heavy atom. The predicted molar refractivity (Wildman–Crippen MR) is 82.9 cm³/mol. The lowest BCUT2D eigenvalue weighted by Crippen LogP contribution is -2.31.